The first-order chi connectivity index (χ1) is 18.2. The van der Waals surface area contributed by atoms with Gasteiger partial charge in [0.05, 0.1) is 13.2 Å². The lowest BCUT2D eigenvalue weighted by molar-refractivity contribution is -0.143. The lowest BCUT2D eigenvalue weighted by Crippen LogP contribution is -2.37. The van der Waals surface area contributed by atoms with Crippen molar-refractivity contribution in [2.45, 2.75) is 38.8 Å². The van der Waals surface area contributed by atoms with Gasteiger partial charge >= 0.3 is 12.2 Å². The van der Waals surface area contributed by atoms with Crippen LogP contribution in [0.4, 0.5) is 29.5 Å². The molecule has 5 rings (SSSR count). The van der Waals surface area contributed by atoms with E-state index in [9.17, 15) is 22.8 Å². The summed E-state index contributed by atoms with van der Waals surface area (Å²) >= 11 is 0. The minimum atomic E-state index is -4.23. The Hall–Kier alpha value is -3.05. The topological polar surface area (TPSA) is 86.9 Å². The van der Waals surface area contributed by atoms with E-state index in [1.165, 1.54) is 23.8 Å². The fourth-order valence-electron chi connectivity index (χ4n) is 4.89. The molecule has 3 aliphatic rings. The van der Waals surface area contributed by atoms with Gasteiger partial charge < -0.3 is 29.6 Å². The predicted molar refractivity (Wildman–Crippen MR) is 140 cm³/mol. The maximum Gasteiger partial charge on any atom is 0.389 e. The lowest BCUT2D eigenvalue weighted by atomic mass is 10.0. The monoisotopic (exact) mass is 536 g/mol. The molecular weight excluding hydrogens is 501 g/mol. The molecule has 3 aliphatic heterocycles. The van der Waals surface area contributed by atoms with Crippen LogP contribution in [0, 0.1) is 12.8 Å². The Kier molecular flexibility index (Phi) is 9.32. The Bertz CT molecular complexity index is 1140. The van der Waals surface area contributed by atoms with Crippen molar-refractivity contribution in [3.63, 3.8) is 0 Å². The molecule has 11 heteroatoms. The number of aromatic nitrogens is 1. The normalized spacial score (nSPS) is 19.7. The number of ether oxygens (including phenoxy) is 2. The molecule has 1 unspecified atom stereocenters. The molecule has 0 bridgehead atoms. The van der Waals surface area contributed by atoms with E-state index in [1.54, 1.807) is 12.1 Å². The maximum atomic E-state index is 12.6. The predicted octanol–water partition coefficient (Wildman–Crippen LogP) is 4.79. The average Bonchev–Trinajstić information content (AvgIpc) is 3.60. The molecule has 1 atom stereocenters. The van der Waals surface area contributed by atoms with Gasteiger partial charge in [0.1, 0.15) is 5.82 Å². The Balaban J connectivity index is 0.000000603. The number of morpholine rings is 1. The van der Waals surface area contributed by atoms with Crippen molar-refractivity contribution < 1.29 is 27.4 Å². The van der Waals surface area contributed by atoms with Gasteiger partial charge in [0.2, 0.25) is 5.56 Å². The number of amides is 2. The van der Waals surface area contributed by atoms with Crippen LogP contribution in [0.25, 0.3) is 11.1 Å². The number of aromatic amines is 1. The number of nitrogens with one attached hydrogen (secondary N) is 2. The number of alkyl halides is 3. The summed E-state index contributed by atoms with van der Waals surface area (Å²) in [4.78, 5) is 31.3. The van der Waals surface area contributed by atoms with E-state index in [2.05, 4.69) is 15.2 Å². The number of H-pyrrole nitrogens is 1. The third kappa shape index (κ3) is 7.97. The SMILES string of the molecule is C1CCOC1.Cc1ccc(NC(=O)N2CCC(CC(F)(F)F)C2)cc1-c1cc(N2CCOCC2)[nH]c(=O)c1. The number of hydrogen-bond acceptors (Lipinski definition) is 5. The van der Waals surface area contributed by atoms with Crippen molar-refractivity contribution in [2.75, 3.05) is 62.8 Å². The Morgan fingerprint density at radius 2 is 1.76 bits per heavy atom. The van der Waals surface area contributed by atoms with Gasteiger partial charge in [-0.3, -0.25) is 4.79 Å². The molecule has 3 fully saturated rings. The molecular formula is C27H35F3N4O4. The van der Waals surface area contributed by atoms with Crippen molar-refractivity contribution in [3.05, 3.63) is 46.2 Å². The van der Waals surface area contributed by atoms with Crippen LogP contribution < -0.4 is 15.8 Å². The molecule has 0 spiro atoms. The zero-order valence-corrected chi connectivity index (χ0v) is 21.6. The molecule has 38 heavy (non-hydrogen) atoms. The summed E-state index contributed by atoms with van der Waals surface area (Å²) in [7, 11) is 0. The first kappa shape index (κ1) is 28.0. The summed E-state index contributed by atoms with van der Waals surface area (Å²) in [6, 6.07) is 8.37. The summed E-state index contributed by atoms with van der Waals surface area (Å²) in [5.74, 6) is 0.140. The third-order valence-corrected chi connectivity index (χ3v) is 6.90. The number of halogens is 3. The number of nitrogens with zero attached hydrogens (tertiary/aromatic N) is 2. The highest BCUT2D eigenvalue weighted by atomic mass is 19.4. The van der Waals surface area contributed by atoms with Crippen molar-refractivity contribution in [1.82, 2.24) is 9.88 Å². The largest absolute Gasteiger partial charge is 0.389 e. The van der Waals surface area contributed by atoms with Crippen molar-refractivity contribution in [3.8, 4) is 11.1 Å². The summed E-state index contributed by atoms with van der Waals surface area (Å²) in [6.07, 6.45) is -2.21. The van der Waals surface area contributed by atoms with Crippen LogP contribution in [0.2, 0.25) is 0 Å². The summed E-state index contributed by atoms with van der Waals surface area (Å²) < 4.78 is 48.3. The number of rotatable bonds is 4. The standard InChI is InChI=1S/C23H27F3N4O3.C4H8O/c1-15-2-3-18(27-22(32)30-5-4-16(14-30)13-23(24,25)26)12-19(15)17-10-20(28-21(31)11-17)29-6-8-33-9-7-29;1-2-4-5-3-1/h2-3,10-12,16H,4-9,13-14H2,1H3,(H,27,32)(H,28,31);1-4H2. The van der Waals surface area contributed by atoms with E-state index in [1.807, 2.05) is 19.1 Å². The quantitative estimate of drug-likeness (QED) is 0.587. The number of benzene rings is 1. The number of aryl methyl sites for hydroxylation is 1. The van der Waals surface area contributed by atoms with Crippen molar-refractivity contribution >= 4 is 17.5 Å². The summed E-state index contributed by atoms with van der Waals surface area (Å²) in [6.45, 7) is 6.83. The first-order valence-corrected chi connectivity index (χ1v) is 13.1. The summed E-state index contributed by atoms with van der Waals surface area (Å²) in [5, 5.41) is 2.79. The second-order valence-electron chi connectivity index (χ2n) is 9.92. The van der Waals surface area contributed by atoms with Crippen molar-refractivity contribution in [2.24, 2.45) is 5.92 Å². The van der Waals surface area contributed by atoms with Gasteiger partial charge in [0, 0.05) is 57.6 Å². The van der Waals surface area contributed by atoms with Crippen LogP contribution in [-0.2, 0) is 9.47 Å². The first-order valence-electron chi connectivity index (χ1n) is 13.1. The van der Waals surface area contributed by atoms with E-state index in [0.29, 0.717) is 50.8 Å². The molecule has 2 aromatic rings. The number of hydrogen-bond donors (Lipinski definition) is 2. The molecule has 2 amide bonds. The Morgan fingerprint density at radius 3 is 2.42 bits per heavy atom. The number of urea groups is 1. The molecule has 0 aliphatic carbocycles. The molecule has 1 aromatic heterocycles. The fraction of sp³-hybridized carbons (Fsp3) is 0.556. The van der Waals surface area contributed by atoms with Gasteiger partial charge in [0.15, 0.2) is 0 Å². The second kappa shape index (κ2) is 12.7. The summed E-state index contributed by atoms with van der Waals surface area (Å²) in [5.41, 5.74) is 2.74. The molecule has 0 saturated carbocycles. The number of carbonyl (C=O) groups excluding carboxylic acids is 1. The Labute approximate surface area is 220 Å². The fourth-order valence-corrected chi connectivity index (χ4v) is 4.89. The second-order valence-corrected chi connectivity index (χ2v) is 9.92. The lowest BCUT2D eigenvalue weighted by Gasteiger charge is -2.28. The van der Waals surface area contributed by atoms with Gasteiger partial charge in [-0.25, -0.2) is 4.79 Å². The highest BCUT2D eigenvalue weighted by molar-refractivity contribution is 5.90. The van der Waals surface area contributed by atoms with Crippen LogP contribution in [0.15, 0.2) is 35.1 Å². The molecule has 8 nitrogen and oxygen atoms in total. The maximum absolute atomic E-state index is 12.6. The minimum absolute atomic E-state index is 0.0844. The van der Waals surface area contributed by atoms with Crippen LogP contribution >= 0.6 is 0 Å². The van der Waals surface area contributed by atoms with E-state index in [0.717, 1.165) is 29.9 Å². The molecule has 3 saturated heterocycles. The number of anilines is 2. The smallest absolute Gasteiger partial charge is 0.381 e. The van der Waals surface area contributed by atoms with Crippen molar-refractivity contribution in [1.29, 1.82) is 0 Å². The van der Waals surface area contributed by atoms with E-state index in [4.69, 9.17) is 9.47 Å². The molecule has 0 radical (unpaired) electrons. The highest BCUT2D eigenvalue weighted by Crippen LogP contribution is 2.31. The number of carbonyl (C=O) groups is 1. The van der Waals surface area contributed by atoms with Crippen LogP contribution in [0.5, 0.6) is 0 Å². The van der Waals surface area contributed by atoms with Crippen LogP contribution in [0.3, 0.4) is 0 Å². The van der Waals surface area contributed by atoms with Crippen LogP contribution in [-0.4, -0.2) is 74.7 Å². The molecule has 208 valence electrons. The number of pyridine rings is 1. The van der Waals surface area contributed by atoms with Gasteiger partial charge in [-0.05, 0) is 67.0 Å². The van der Waals surface area contributed by atoms with Gasteiger partial charge in [-0.15, -0.1) is 0 Å². The van der Waals surface area contributed by atoms with E-state index < -0.39 is 24.5 Å². The molecule has 1 aromatic carbocycles. The van der Waals surface area contributed by atoms with Gasteiger partial charge in [-0.2, -0.15) is 13.2 Å². The minimum Gasteiger partial charge on any atom is -0.381 e. The van der Waals surface area contributed by atoms with E-state index >= 15 is 0 Å². The third-order valence-electron chi connectivity index (χ3n) is 6.90. The highest BCUT2D eigenvalue weighted by Gasteiger charge is 2.36. The van der Waals surface area contributed by atoms with Gasteiger partial charge in [0.25, 0.3) is 0 Å². The molecule has 2 N–H and O–H groups in total. The van der Waals surface area contributed by atoms with E-state index in [-0.39, 0.29) is 12.1 Å². The molecule has 4 heterocycles. The average molecular weight is 537 g/mol. The zero-order chi connectivity index (χ0) is 27.1. The van der Waals surface area contributed by atoms with Crippen LogP contribution in [0.1, 0.15) is 31.2 Å². The Morgan fingerprint density at radius 1 is 1.05 bits per heavy atom. The zero-order valence-electron chi connectivity index (χ0n) is 21.6. The van der Waals surface area contributed by atoms with Gasteiger partial charge in [-0.1, -0.05) is 6.07 Å². The number of likely N-dealkylation sites (tertiary alicyclic amines) is 1.